The van der Waals surface area contributed by atoms with Crippen molar-refractivity contribution in [1.29, 1.82) is 0 Å². The van der Waals surface area contributed by atoms with Crippen LogP contribution >= 0.6 is 0 Å². The fraction of sp³-hybridized carbons (Fsp3) is 0.100. The standard InChI is InChI=1S/C20H17N3O3/c1-13(24)15-6-2-8-16(11-15)22-18(25)12-19(26)23-17-9-3-5-14-7-4-10-21-20(14)17/h2-11H,12H2,1H3,(H,22,25)(H,23,26). The Balaban J connectivity index is 1.65. The molecule has 130 valence electrons. The number of nitrogens with zero attached hydrogens (tertiary/aromatic N) is 1. The molecule has 0 atom stereocenters. The number of ketones is 1. The molecule has 6 heteroatoms. The summed E-state index contributed by atoms with van der Waals surface area (Å²) in [4.78, 5) is 39.9. The average Bonchev–Trinajstić information content (AvgIpc) is 2.62. The number of para-hydroxylation sites is 1. The van der Waals surface area contributed by atoms with E-state index >= 15 is 0 Å². The Morgan fingerprint density at radius 2 is 1.65 bits per heavy atom. The first-order chi connectivity index (χ1) is 12.5. The molecule has 1 heterocycles. The topological polar surface area (TPSA) is 88.2 Å². The van der Waals surface area contributed by atoms with E-state index in [0.717, 1.165) is 5.39 Å². The SMILES string of the molecule is CC(=O)c1cccc(NC(=O)CC(=O)Nc2cccc3cccnc23)c1. The molecule has 1 aromatic heterocycles. The third-order valence-corrected chi connectivity index (χ3v) is 3.78. The molecule has 26 heavy (non-hydrogen) atoms. The van der Waals surface area contributed by atoms with Crippen molar-refractivity contribution < 1.29 is 14.4 Å². The van der Waals surface area contributed by atoms with Crippen LogP contribution in [-0.4, -0.2) is 22.6 Å². The third-order valence-electron chi connectivity index (χ3n) is 3.78. The van der Waals surface area contributed by atoms with E-state index in [9.17, 15) is 14.4 Å². The maximum Gasteiger partial charge on any atom is 0.233 e. The molecule has 0 bridgehead atoms. The van der Waals surface area contributed by atoms with Gasteiger partial charge in [0.05, 0.1) is 11.2 Å². The van der Waals surface area contributed by atoms with Crippen LogP contribution in [0.25, 0.3) is 10.9 Å². The number of hydrogen-bond acceptors (Lipinski definition) is 4. The van der Waals surface area contributed by atoms with Gasteiger partial charge in [0.1, 0.15) is 6.42 Å². The summed E-state index contributed by atoms with van der Waals surface area (Å²) >= 11 is 0. The van der Waals surface area contributed by atoms with Gasteiger partial charge < -0.3 is 10.6 Å². The number of fused-ring (bicyclic) bond motifs is 1. The Morgan fingerprint density at radius 1 is 0.923 bits per heavy atom. The minimum atomic E-state index is -0.462. The number of pyridine rings is 1. The van der Waals surface area contributed by atoms with Gasteiger partial charge in [-0.2, -0.15) is 0 Å². The van der Waals surface area contributed by atoms with Gasteiger partial charge in [-0.05, 0) is 31.2 Å². The summed E-state index contributed by atoms with van der Waals surface area (Å²) in [5.41, 5.74) is 2.19. The van der Waals surface area contributed by atoms with Gasteiger partial charge in [0.2, 0.25) is 11.8 Å². The molecule has 6 nitrogen and oxygen atoms in total. The number of carbonyl (C=O) groups excluding carboxylic acids is 3. The second-order valence-corrected chi connectivity index (χ2v) is 5.79. The highest BCUT2D eigenvalue weighted by Gasteiger charge is 2.12. The fourth-order valence-electron chi connectivity index (χ4n) is 2.57. The van der Waals surface area contributed by atoms with Crippen molar-refractivity contribution in [2.75, 3.05) is 10.6 Å². The molecular formula is C20H17N3O3. The van der Waals surface area contributed by atoms with Crippen molar-refractivity contribution in [3.63, 3.8) is 0 Å². The molecular weight excluding hydrogens is 330 g/mol. The molecule has 2 N–H and O–H groups in total. The first-order valence-corrected chi connectivity index (χ1v) is 8.07. The fourth-order valence-corrected chi connectivity index (χ4v) is 2.57. The van der Waals surface area contributed by atoms with E-state index in [0.29, 0.717) is 22.5 Å². The van der Waals surface area contributed by atoms with E-state index < -0.39 is 11.8 Å². The van der Waals surface area contributed by atoms with E-state index in [1.807, 2.05) is 24.3 Å². The van der Waals surface area contributed by atoms with Crippen molar-refractivity contribution >= 4 is 39.9 Å². The maximum atomic E-state index is 12.2. The lowest BCUT2D eigenvalue weighted by atomic mass is 10.1. The molecule has 2 amide bonds. The van der Waals surface area contributed by atoms with Crippen LogP contribution in [0, 0.1) is 0 Å². The summed E-state index contributed by atoms with van der Waals surface area (Å²) < 4.78 is 0. The van der Waals surface area contributed by atoms with Gasteiger partial charge in [-0.15, -0.1) is 0 Å². The second-order valence-electron chi connectivity index (χ2n) is 5.79. The molecule has 0 aliphatic heterocycles. The van der Waals surface area contributed by atoms with E-state index in [1.165, 1.54) is 6.92 Å². The molecule has 0 aliphatic carbocycles. The normalized spacial score (nSPS) is 10.3. The van der Waals surface area contributed by atoms with Crippen molar-refractivity contribution in [3.8, 4) is 0 Å². The van der Waals surface area contributed by atoms with E-state index in [1.54, 1.807) is 36.5 Å². The Kier molecular flexibility index (Phi) is 5.03. The predicted molar refractivity (Wildman–Crippen MR) is 100 cm³/mol. The minimum absolute atomic E-state index is 0.0951. The third kappa shape index (κ3) is 4.10. The summed E-state index contributed by atoms with van der Waals surface area (Å²) in [7, 11) is 0. The first-order valence-electron chi connectivity index (χ1n) is 8.07. The summed E-state index contributed by atoms with van der Waals surface area (Å²) in [5.74, 6) is -0.998. The van der Waals surface area contributed by atoms with Crippen LogP contribution in [0.4, 0.5) is 11.4 Å². The number of hydrogen-bond donors (Lipinski definition) is 2. The van der Waals surface area contributed by atoms with Crippen molar-refractivity contribution in [1.82, 2.24) is 4.98 Å². The number of benzene rings is 2. The van der Waals surface area contributed by atoms with Crippen LogP contribution in [-0.2, 0) is 9.59 Å². The largest absolute Gasteiger partial charge is 0.326 e. The highest BCUT2D eigenvalue weighted by Crippen LogP contribution is 2.20. The Labute approximate surface area is 150 Å². The van der Waals surface area contributed by atoms with Crippen LogP contribution in [0.5, 0.6) is 0 Å². The number of aromatic nitrogens is 1. The highest BCUT2D eigenvalue weighted by atomic mass is 16.2. The minimum Gasteiger partial charge on any atom is -0.326 e. The number of carbonyl (C=O) groups is 3. The van der Waals surface area contributed by atoms with Gasteiger partial charge in [-0.3, -0.25) is 19.4 Å². The Morgan fingerprint density at radius 3 is 2.46 bits per heavy atom. The zero-order valence-corrected chi connectivity index (χ0v) is 14.2. The number of anilines is 2. The van der Waals surface area contributed by atoms with E-state index in [4.69, 9.17) is 0 Å². The lowest BCUT2D eigenvalue weighted by Crippen LogP contribution is -2.21. The van der Waals surface area contributed by atoms with Gasteiger partial charge >= 0.3 is 0 Å². The van der Waals surface area contributed by atoms with Gasteiger partial charge in [-0.1, -0.05) is 30.3 Å². The lowest BCUT2D eigenvalue weighted by molar-refractivity contribution is -0.123. The number of amides is 2. The number of Topliss-reactive ketones (excluding diaryl/α,β-unsaturated/α-hetero) is 1. The van der Waals surface area contributed by atoms with Crippen LogP contribution < -0.4 is 10.6 Å². The monoisotopic (exact) mass is 347 g/mol. The van der Waals surface area contributed by atoms with Crippen LogP contribution in [0.15, 0.2) is 60.8 Å². The predicted octanol–water partition coefficient (Wildman–Crippen LogP) is 3.40. The molecule has 0 aliphatic rings. The molecule has 3 aromatic rings. The number of nitrogens with one attached hydrogen (secondary N) is 2. The molecule has 2 aromatic carbocycles. The lowest BCUT2D eigenvalue weighted by Gasteiger charge is -2.09. The molecule has 0 spiro atoms. The summed E-state index contributed by atoms with van der Waals surface area (Å²) in [6.45, 7) is 1.45. The summed E-state index contributed by atoms with van der Waals surface area (Å²) in [6.07, 6.45) is 1.31. The van der Waals surface area contributed by atoms with E-state index in [2.05, 4.69) is 15.6 Å². The maximum absolute atomic E-state index is 12.2. The number of rotatable bonds is 5. The Hall–Kier alpha value is -3.54. The van der Waals surface area contributed by atoms with Crippen molar-refractivity contribution in [3.05, 3.63) is 66.4 Å². The quantitative estimate of drug-likeness (QED) is 0.547. The first kappa shape index (κ1) is 17.3. The van der Waals surface area contributed by atoms with Crippen LogP contribution in [0.2, 0.25) is 0 Å². The molecule has 0 fully saturated rings. The smallest absolute Gasteiger partial charge is 0.233 e. The molecule has 0 radical (unpaired) electrons. The molecule has 0 saturated carbocycles. The van der Waals surface area contributed by atoms with Gasteiger partial charge in [-0.25, -0.2) is 0 Å². The second kappa shape index (κ2) is 7.57. The highest BCUT2D eigenvalue weighted by molar-refractivity contribution is 6.10. The van der Waals surface area contributed by atoms with Crippen molar-refractivity contribution in [2.24, 2.45) is 0 Å². The zero-order valence-electron chi connectivity index (χ0n) is 14.2. The average molecular weight is 347 g/mol. The summed E-state index contributed by atoms with van der Waals surface area (Å²) in [6, 6.07) is 15.7. The van der Waals surface area contributed by atoms with Crippen LogP contribution in [0.1, 0.15) is 23.7 Å². The zero-order chi connectivity index (χ0) is 18.5. The van der Waals surface area contributed by atoms with Gasteiger partial charge in [0.25, 0.3) is 0 Å². The van der Waals surface area contributed by atoms with Crippen molar-refractivity contribution in [2.45, 2.75) is 13.3 Å². The molecule has 3 rings (SSSR count). The van der Waals surface area contributed by atoms with Crippen LogP contribution in [0.3, 0.4) is 0 Å². The molecule has 0 saturated heterocycles. The van der Waals surface area contributed by atoms with E-state index in [-0.39, 0.29) is 12.2 Å². The summed E-state index contributed by atoms with van der Waals surface area (Å²) in [5, 5.41) is 6.24. The molecule has 0 unspecified atom stereocenters. The Bertz CT molecular complexity index is 993. The van der Waals surface area contributed by atoms with Gasteiger partial charge in [0.15, 0.2) is 5.78 Å². The van der Waals surface area contributed by atoms with Gasteiger partial charge in [0, 0.05) is 22.8 Å².